The van der Waals surface area contributed by atoms with Crippen molar-refractivity contribution in [2.45, 2.75) is 18.3 Å². The van der Waals surface area contributed by atoms with E-state index in [0.29, 0.717) is 26.2 Å². The monoisotopic (exact) mass is 291 g/mol. The molecular weight excluding hydrogens is 273 g/mol. The van der Waals surface area contributed by atoms with Crippen LogP contribution in [0.4, 0.5) is 9.18 Å². The van der Waals surface area contributed by atoms with Crippen LogP contribution in [-0.4, -0.2) is 43.0 Å². The summed E-state index contributed by atoms with van der Waals surface area (Å²) < 4.78 is 13.0. The zero-order valence-corrected chi connectivity index (χ0v) is 11.7. The molecule has 2 N–H and O–H groups in total. The Hall–Kier alpha value is -2.11. The van der Waals surface area contributed by atoms with Crippen LogP contribution in [0, 0.1) is 5.82 Å². The summed E-state index contributed by atoms with van der Waals surface area (Å²) in [6.45, 7) is 2.29. The topological polar surface area (TPSA) is 61.4 Å². The molecule has 1 saturated heterocycles. The number of hydrogen-bond donors (Lipinski definition) is 2. The molecule has 5 nitrogen and oxygen atoms in total. The highest BCUT2D eigenvalue weighted by molar-refractivity contribution is 5.91. The van der Waals surface area contributed by atoms with E-state index in [1.54, 1.807) is 17.0 Å². The summed E-state index contributed by atoms with van der Waals surface area (Å²) >= 11 is 0. The first-order chi connectivity index (χ1) is 10.1. The van der Waals surface area contributed by atoms with Crippen LogP contribution in [0.15, 0.2) is 24.3 Å². The second-order valence-corrected chi connectivity index (χ2v) is 5.56. The lowest BCUT2D eigenvalue weighted by Crippen LogP contribution is -2.40. The number of amides is 3. The Bertz CT molecular complexity index is 555. The molecule has 2 fully saturated rings. The van der Waals surface area contributed by atoms with Gasteiger partial charge in [-0.05, 0) is 30.5 Å². The fourth-order valence-electron chi connectivity index (χ4n) is 2.74. The van der Waals surface area contributed by atoms with Gasteiger partial charge in [-0.3, -0.25) is 4.79 Å². The van der Waals surface area contributed by atoms with Gasteiger partial charge in [0.1, 0.15) is 5.82 Å². The van der Waals surface area contributed by atoms with Crippen molar-refractivity contribution in [2.24, 2.45) is 0 Å². The van der Waals surface area contributed by atoms with E-state index in [2.05, 4.69) is 10.6 Å². The van der Waals surface area contributed by atoms with Gasteiger partial charge in [0.05, 0.1) is 5.41 Å². The average molecular weight is 291 g/mol. The Morgan fingerprint density at radius 3 is 2.62 bits per heavy atom. The lowest BCUT2D eigenvalue weighted by atomic mass is 9.95. The number of nitrogens with zero attached hydrogens (tertiary/aromatic N) is 1. The van der Waals surface area contributed by atoms with E-state index >= 15 is 0 Å². The largest absolute Gasteiger partial charge is 0.354 e. The molecule has 3 amide bonds. The van der Waals surface area contributed by atoms with Gasteiger partial charge in [0.15, 0.2) is 0 Å². The summed E-state index contributed by atoms with van der Waals surface area (Å²) in [7, 11) is 0. The van der Waals surface area contributed by atoms with Gasteiger partial charge in [0.2, 0.25) is 5.91 Å². The lowest BCUT2D eigenvalue weighted by molar-refractivity contribution is -0.123. The predicted molar refractivity (Wildman–Crippen MR) is 75.3 cm³/mol. The molecule has 0 radical (unpaired) electrons. The zero-order chi connectivity index (χ0) is 14.9. The normalized spacial score (nSPS) is 19.3. The van der Waals surface area contributed by atoms with Crippen LogP contribution in [0.2, 0.25) is 0 Å². The Morgan fingerprint density at radius 1 is 1.33 bits per heavy atom. The molecule has 0 aromatic heterocycles. The van der Waals surface area contributed by atoms with Crippen molar-refractivity contribution in [2.75, 3.05) is 26.2 Å². The highest BCUT2D eigenvalue weighted by Gasteiger charge is 2.51. The summed E-state index contributed by atoms with van der Waals surface area (Å²) in [6.07, 6.45) is 1.57. The molecule has 3 rings (SSSR count). The number of halogens is 1. The molecule has 1 aliphatic carbocycles. The minimum absolute atomic E-state index is 0.0336. The summed E-state index contributed by atoms with van der Waals surface area (Å²) in [6, 6.07) is 6.05. The van der Waals surface area contributed by atoms with E-state index < -0.39 is 5.41 Å². The maximum atomic E-state index is 13.0. The van der Waals surface area contributed by atoms with Crippen LogP contribution in [0.3, 0.4) is 0 Å². The second-order valence-electron chi connectivity index (χ2n) is 5.56. The summed E-state index contributed by atoms with van der Waals surface area (Å²) in [5.74, 6) is -0.330. The SMILES string of the molecule is O=C1NCCN1CCNC(=O)C1(c2ccc(F)cc2)CC1. The Labute approximate surface area is 122 Å². The molecular formula is C15H18FN3O2. The van der Waals surface area contributed by atoms with Gasteiger partial charge in [-0.15, -0.1) is 0 Å². The Morgan fingerprint density at radius 2 is 2.05 bits per heavy atom. The number of carbonyl (C=O) groups excluding carboxylic acids is 2. The van der Waals surface area contributed by atoms with E-state index in [-0.39, 0.29) is 17.8 Å². The maximum absolute atomic E-state index is 13.0. The molecule has 1 aromatic carbocycles. The van der Waals surface area contributed by atoms with Crippen LogP contribution in [0.25, 0.3) is 0 Å². The van der Waals surface area contributed by atoms with Crippen molar-refractivity contribution >= 4 is 11.9 Å². The fraction of sp³-hybridized carbons (Fsp3) is 0.467. The predicted octanol–water partition coefficient (Wildman–Crippen LogP) is 0.999. The van der Waals surface area contributed by atoms with Gasteiger partial charge in [0, 0.05) is 26.2 Å². The van der Waals surface area contributed by atoms with E-state index in [0.717, 1.165) is 18.4 Å². The van der Waals surface area contributed by atoms with Crippen LogP contribution in [0.1, 0.15) is 18.4 Å². The second kappa shape index (κ2) is 5.35. The van der Waals surface area contributed by atoms with Gasteiger partial charge >= 0.3 is 6.03 Å². The van der Waals surface area contributed by atoms with E-state index in [9.17, 15) is 14.0 Å². The quantitative estimate of drug-likeness (QED) is 0.850. The van der Waals surface area contributed by atoms with Crippen molar-refractivity contribution < 1.29 is 14.0 Å². The third kappa shape index (κ3) is 2.70. The number of hydrogen-bond acceptors (Lipinski definition) is 2. The number of carbonyl (C=O) groups is 2. The van der Waals surface area contributed by atoms with Crippen molar-refractivity contribution in [1.82, 2.24) is 15.5 Å². The smallest absolute Gasteiger partial charge is 0.317 e. The molecule has 0 unspecified atom stereocenters. The van der Waals surface area contributed by atoms with Crippen molar-refractivity contribution in [1.29, 1.82) is 0 Å². The van der Waals surface area contributed by atoms with Gasteiger partial charge in [-0.2, -0.15) is 0 Å². The van der Waals surface area contributed by atoms with Crippen molar-refractivity contribution in [3.8, 4) is 0 Å². The summed E-state index contributed by atoms with van der Waals surface area (Å²) in [5, 5.41) is 5.61. The lowest BCUT2D eigenvalue weighted by Gasteiger charge is -2.18. The van der Waals surface area contributed by atoms with E-state index in [4.69, 9.17) is 0 Å². The number of rotatable bonds is 5. The van der Waals surface area contributed by atoms with Crippen molar-refractivity contribution in [3.63, 3.8) is 0 Å². The Kier molecular flexibility index (Phi) is 3.53. The minimum atomic E-state index is -0.499. The summed E-state index contributed by atoms with van der Waals surface area (Å²) in [4.78, 5) is 25.4. The average Bonchev–Trinajstić information content (AvgIpc) is 3.19. The number of urea groups is 1. The van der Waals surface area contributed by atoms with Crippen LogP contribution >= 0.6 is 0 Å². The molecule has 0 spiro atoms. The molecule has 2 aliphatic rings. The number of benzene rings is 1. The molecule has 112 valence electrons. The van der Waals surface area contributed by atoms with Crippen molar-refractivity contribution in [3.05, 3.63) is 35.6 Å². The molecule has 1 aromatic rings. The first-order valence-electron chi connectivity index (χ1n) is 7.19. The van der Waals surface area contributed by atoms with Gasteiger partial charge in [-0.1, -0.05) is 12.1 Å². The highest BCUT2D eigenvalue weighted by Crippen LogP contribution is 2.48. The standard InChI is InChI=1S/C15H18FN3O2/c16-12-3-1-11(2-4-12)15(5-6-15)13(20)17-7-9-19-10-8-18-14(19)21/h1-4H,5-10H2,(H,17,20)(H,18,21). The third-order valence-corrected chi connectivity index (χ3v) is 4.19. The Balaban J connectivity index is 1.55. The highest BCUT2D eigenvalue weighted by atomic mass is 19.1. The fourth-order valence-corrected chi connectivity index (χ4v) is 2.74. The molecule has 0 atom stereocenters. The van der Waals surface area contributed by atoms with Crippen LogP contribution in [0.5, 0.6) is 0 Å². The van der Waals surface area contributed by atoms with E-state index in [1.165, 1.54) is 12.1 Å². The zero-order valence-electron chi connectivity index (χ0n) is 11.7. The van der Waals surface area contributed by atoms with Gasteiger partial charge in [-0.25, -0.2) is 9.18 Å². The molecule has 0 bridgehead atoms. The molecule has 1 saturated carbocycles. The third-order valence-electron chi connectivity index (χ3n) is 4.19. The van der Waals surface area contributed by atoms with Gasteiger partial charge < -0.3 is 15.5 Å². The van der Waals surface area contributed by atoms with Crippen LogP contribution in [-0.2, 0) is 10.2 Å². The first-order valence-corrected chi connectivity index (χ1v) is 7.19. The molecule has 6 heteroatoms. The van der Waals surface area contributed by atoms with Crippen LogP contribution < -0.4 is 10.6 Å². The first kappa shape index (κ1) is 13.9. The maximum Gasteiger partial charge on any atom is 0.317 e. The van der Waals surface area contributed by atoms with Gasteiger partial charge in [0.25, 0.3) is 0 Å². The molecule has 1 aliphatic heterocycles. The number of nitrogens with one attached hydrogen (secondary N) is 2. The molecule has 1 heterocycles. The minimum Gasteiger partial charge on any atom is -0.354 e. The summed E-state index contributed by atoms with van der Waals surface area (Å²) in [5.41, 5.74) is 0.362. The molecule has 21 heavy (non-hydrogen) atoms. The van der Waals surface area contributed by atoms with E-state index in [1.807, 2.05) is 0 Å².